The second kappa shape index (κ2) is 6.28. The number of nitrogens with zero attached hydrogens (tertiary/aromatic N) is 1. The second-order valence-electron chi connectivity index (χ2n) is 4.90. The summed E-state index contributed by atoms with van der Waals surface area (Å²) in [5.74, 6) is 0.926. The Balaban J connectivity index is 2.08. The molecule has 1 heterocycles. The van der Waals surface area contributed by atoms with Crippen LogP contribution in [-0.2, 0) is 0 Å². The van der Waals surface area contributed by atoms with E-state index < -0.39 is 0 Å². The average Bonchev–Trinajstić information content (AvgIpc) is 2.98. The predicted molar refractivity (Wildman–Crippen MR) is 79.8 cm³/mol. The van der Waals surface area contributed by atoms with E-state index >= 15 is 0 Å². The molecular weight excluding hydrogens is 252 g/mol. The van der Waals surface area contributed by atoms with E-state index in [-0.39, 0.29) is 11.9 Å². The number of furan rings is 1. The van der Waals surface area contributed by atoms with Crippen molar-refractivity contribution in [1.29, 1.82) is 0 Å². The molecule has 1 N–H and O–H groups in total. The summed E-state index contributed by atoms with van der Waals surface area (Å²) in [6.45, 7) is 2.10. The van der Waals surface area contributed by atoms with Crippen LogP contribution >= 0.6 is 0 Å². The van der Waals surface area contributed by atoms with Crippen LogP contribution in [0, 0.1) is 0 Å². The van der Waals surface area contributed by atoms with Gasteiger partial charge >= 0.3 is 0 Å². The van der Waals surface area contributed by atoms with E-state index in [0.717, 1.165) is 17.9 Å². The first-order chi connectivity index (χ1) is 9.61. The smallest absolute Gasteiger partial charge is 0.253 e. The number of hydrogen-bond donors (Lipinski definition) is 1. The van der Waals surface area contributed by atoms with Crippen molar-refractivity contribution in [1.82, 2.24) is 4.90 Å². The first-order valence-electron chi connectivity index (χ1n) is 6.73. The molecule has 0 spiro atoms. The van der Waals surface area contributed by atoms with Crippen LogP contribution < -0.4 is 5.32 Å². The zero-order valence-electron chi connectivity index (χ0n) is 12.1. The van der Waals surface area contributed by atoms with Crippen LogP contribution in [0.25, 0.3) is 0 Å². The summed E-state index contributed by atoms with van der Waals surface area (Å²) in [7, 11) is 3.50. The van der Waals surface area contributed by atoms with Gasteiger partial charge in [0.05, 0.1) is 12.3 Å². The maximum atomic E-state index is 11.8. The number of hydrogen-bond acceptors (Lipinski definition) is 3. The molecule has 106 valence electrons. The molecule has 0 radical (unpaired) electrons. The highest BCUT2D eigenvalue weighted by atomic mass is 16.3. The van der Waals surface area contributed by atoms with E-state index in [2.05, 4.69) is 12.2 Å². The highest BCUT2D eigenvalue weighted by Crippen LogP contribution is 2.23. The normalized spacial score (nSPS) is 11.9. The molecule has 1 aromatic heterocycles. The molecule has 1 amide bonds. The van der Waals surface area contributed by atoms with Crippen molar-refractivity contribution >= 4 is 11.6 Å². The van der Waals surface area contributed by atoms with Gasteiger partial charge in [0.1, 0.15) is 5.76 Å². The minimum atomic E-state index is 0.00891. The largest absolute Gasteiger partial charge is 0.467 e. The van der Waals surface area contributed by atoms with Gasteiger partial charge in [-0.3, -0.25) is 4.79 Å². The quantitative estimate of drug-likeness (QED) is 0.905. The molecule has 0 aliphatic rings. The SMILES string of the molecule is CCC(Nc1ccc(C(=O)N(C)C)cc1)c1ccco1. The molecule has 0 saturated carbocycles. The molecule has 1 aromatic carbocycles. The predicted octanol–water partition coefficient (Wildman–Crippen LogP) is 3.54. The molecule has 1 unspecified atom stereocenters. The number of carbonyl (C=O) groups excluding carboxylic acids is 1. The van der Waals surface area contributed by atoms with E-state index in [9.17, 15) is 4.79 Å². The number of nitrogens with one attached hydrogen (secondary N) is 1. The van der Waals surface area contributed by atoms with Gasteiger partial charge in [0.25, 0.3) is 5.91 Å². The molecule has 20 heavy (non-hydrogen) atoms. The van der Waals surface area contributed by atoms with Gasteiger partial charge in [-0.25, -0.2) is 0 Å². The Hall–Kier alpha value is -2.23. The minimum absolute atomic E-state index is 0.00891. The van der Waals surface area contributed by atoms with Crippen LogP contribution in [-0.4, -0.2) is 24.9 Å². The van der Waals surface area contributed by atoms with E-state index in [1.807, 2.05) is 36.4 Å². The molecule has 2 rings (SSSR count). The summed E-state index contributed by atoms with van der Waals surface area (Å²) in [6, 6.07) is 11.5. The highest BCUT2D eigenvalue weighted by Gasteiger charge is 2.12. The summed E-state index contributed by atoms with van der Waals surface area (Å²) < 4.78 is 5.43. The highest BCUT2D eigenvalue weighted by molar-refractivity contribution is 5.94. The lowest BCUT2D eigenvalue weighted by molar-refractivity contribution is 0.0827. The van der Waals surface area contributed by atoms with Gasteiger partial charge in [0.2, 0.25) is 0 Å². The van der Waals surface area contributed by atoms with Crippen LogP contribution in [0.5, 0.6) is 0 Å². The van der Waals surface area contributed by atoms with Crippen LogP contribution in [0.1, 0.15) is 35.5 Å². The van der Waals surface area contributed by atoms with Gasteiger partial charge in [-0.1, -0.05) is 6.92 Å². The molecule has 0 saturated heterocycles. The van der Waals surface area contributed by atoms with Crippen molar-refractivity contribution in [2.24, 2.45) is 0 Å². The first kappa shape index (κ1) is 14.2. The van der Waals surface area contributed by atoms with Gasteiger partial charge in [-0.15, -0.1) is 0 Å². The number of benzene rings is 1. The summed E-state index contributed by atoms with van der Waals surface area (Å²) >= 11 is 0. The molecule has 4 heteroatoms. The molecule has 0 fully saturated rings. The molecule has 2 aromatic rings. The Labute approximate surface area is 119 Å². The molecule has 1 atom stereocenters. The zero-order chi connectivity index (χ0) is 14.5. The van der Waals surface area contributed by atoms with Gasteiger partial charge < -0.3 is 14.6 Å². The van der Waals surface area contributed by atoms with Crippen molar-refractivity contribution in [3.63, 3.8) is 0 Å². The van der Waals surface area contributed by atoms with Crippen molar-refractivity contribution in [2.75, 3.05) is 19.4 Å². The Morgan fingerprint density at radius 1 is 1.25 bits per heavy atom. The van der Waals surface area contributed by atoms with Gasteiger partial charge in [0.15, 0.2) is 0 Å². The van der Waals surface area contributed by atoms with Gasteiger partial charge in [0, 0.05) is 25.3 Å². The maximum absolute atomic E-state index is 11.8. The van der Waals surface area contributed by atoms with Crippen molar-refractivity contribution in [2.45, 2.75) is 19.4 Å². The summed E-state index contributed by atoms with van der Waals surface area (Å²) in [6.07, 6.45) is 2.60. The molecular formula is C16H20N2O2. The van der Waals surface area contributed by atoms with E-state index in [1.165, 1.54) is 0 Å². The third kappa shape index (κ3) is 3.20. The van der Waals surface area contributed by atoms with Gasteiger partial charge in [-0.05, 0) is 42.8 Å². The zero-order valence-corrected chi connectivity index (χ0v) is 12.1. The molecule has 4 nitrogen and oxygen atoms in total. The fraction of sp³-hybridized carbons (Fsp3) is 0.312. The Kier molecular flexibility index (Phi) is 4.45. The molecule has 0 aliphatic carbocycles. The number of rotatable bonds is 5. The van der Waals surface area contributed by atoms with E-state index in [0.29, 0.717) is 5.56 Å². The first-order valence-corrected chi connectivity index (χ1v) is 6.73. The lowest BCUT2D eigenvalue weighted by atomic mass is 10.1. The standard InChI is InChI=1S/C16H20N2O2/c1-4-14(15-6-5-11-20-15)17-13-9-7-12(8-10-13)16(19)18(2)3/h5-11,14,17H,4H2,1-3H3. The topological polar surface area (TPSA) is 45.5 Å². The van der Waals surface area contributed by atoms with E-state index in [1.54, 1.807) is 25.3 Å². The number of anilines is 1. The van der Waals surface area contributed by atoms with Crippen LogP contribution in [0.3, 0.4) is 0 Å². The summed E-state index contributed by atoms with van der Waals surface area (Å²) in [5, 5.41) is 3.41. The molecule has 0 bridgehead atoms. The summed E-state index contributed by atoms with van der Waals surface area (Å²) in [5.41, 5.74) is 1.66. The van der Waals surface area contributed by atoms with Crippen LogP contribution in [0.15, 0.2) is 47.1 Å². The van der Waals surface area contributed by atoms with Crippen LogP contribution in [0.4, 0.5) is 5.69 Å². The molecule has 0 aliphatic heterocycles. The minimum Gasteiger partial charge on any atom is -0.467 e. The van der Waals surface area contributed by atoms with Crippen molar-refractivity contribution in [3.05, 3.63) is 54.0 Å². The second-order valence-corrected chi connectivity index (χ2v) is 4.90. The fourth-order valence-electron chi connectivity index (χ4n) is 2.03. The number of amides is 1. The van der Waals surface area contributed by atoms with Crippen LogP contribution in [0.2, 0.25) is 0 Å². The Bertz CT molecular complexity index is 544. The van der Waals surface area contributed by atoms with Crippen molar-refractivity contribution < 1.29 is 9.21 Å². The third-order valence-corrected chi connectivity index (χ3v) is 3.17. The van der Waals surface area contributed by atoms with Gasteiger partial charge in [-0.2, -0.15) is 0 Å². The average molecular weight is 272 g/mol. The van der Waals surface area contributed by atoms with Crippen molar-refractivity contribution in [3.8, 4) is 0 Å². The third-order valence-electron chi connectivity index (χ3n) is 3.17. The lowest BCUT2D eigenvalue weighted by Gasteiger charge is -2.16. The Morgan fingerprint density at radius 3 is 2.45 bits per heavy atom. The van der Waals surface area contributed by atoms with E-state index in [4.69, 9.17) is 4.42 Å². The lowest BCUT2D eigenvalue weighted by Crippen LogP contribution is -2.21. The Morgan fingerprint density at radius 2 is 1.95 bits per heavy atom. The number of carbonyl (C=O) groups is 1. The maximum Gasteiger partial charge on any atom is 0.253 e. The fourth-order valence-corrected chi connectivity index (χ4v) is 2.03. The summed E-state index contributed by atoms with van der Waals surface area (Å²) in [4.78, 5) is 13.4. The monoisotopic (exact) mass is 272 g/mol.